The molecule has 0 aromatic rings. The quantitative estimate of drug-likeness (QED) is 0.805. The van der Waals surface area contributed by atoms with Crippen molar-refractivity contribution in [2.24, 2.45) is 5.92 Å². The summed E-state index contributed by atoms with van der Waals surface area (Å²) in [6, 6.07) is 0.171. The molecule has 0 aliphatic carbocycles. The van der Waals surface area contributed by atoms with Crippen LogP contribution in [0.4, 0.5) is 4.79 Å². The number of carbonyl (C=O) groups excluding carboxylic acids is 1. The zero-order chi connectivity index (χ0) is 15.3. The lowest BCUT2D eigenvalue weighted by atomic mass is 10.0. The summed E-state index contributed by atoms with van der Waals surface area (Å²) in [5.41, 5.74) is -0.854. The first-order valence-corrected chi connectivity index (χ1v) is 7.64. The van der Waals surface area contributed by atoms with Gasteiger partial charge < -0.3 is 20.2 Å². The molecule has 1 aliphatic rings. The van der Waals surface area contributed by atoms with Crippen molar-refractivity contribution in [2.75, 3.05) is 33.2 Å². The Labute approximate surface area is 123 Å². The standard InChI is InChI=1S/C15H31N3O2/c1-12(2)10-18-8-6-13(7-9-18)16-14(19)17(5)11-15(3,4)20/h12-13,20H,6-11H2,1-5H3,(H,16,19). The van der Waals surface area contributed by atoms with Gasteiger partial charge in [-0.2, -0.15) is 0 Å². The topological polar surface area (TPSA) is 55.8 Å². The molecule has 0 unspecified atom stereocenters. The second-order valence-electron chi connectivity index (χ2n) is 7.09. The van der Waals surface area contributed by atoms with Crippen LogP contribution in [0.15, 0.2) is 0 Å². The molecular weight excluding hydrogens is 254 g/mol. The molecule has 2 amide bonds. The van der Waals surface area contributed by atoms with Crippen molar-refractivity contribution in [1.82, 2.24) is 15.1 Å². The number of hydrogen-bond donors (Lipinski definition) is 2. The van der Waals surface area contributed by atoms with E-state index in [2.05, 4.69) is 24.1 Å². The van der Waals surface area contributed by atoms with Crippen molar-refractivity contribution >= 4 is 6.03 Å². The summed E-state index contributed by atoms with van der Waals surface area (Å²) in [6.07, 6.45) is 2.02. The maximum atomic E-state index is 12.0. The number of hydrogen-bond acceptors (Lipinski definition) is 3. The van der Waals surface area contributed by atoms with Crippen molar-refractivity contribution in [3.05, 3.63) is 0 Å². The third-order valence-corrected chi connectivity index (χ3v) is 3.51. The van der Waals surface area contributed by atoms with Gasteiger partial charge in [0.15, 0.2) is 0 Å². The largest absolute Gasteiger partial charge is 0.389 e. The fourth-order valence-corrected chi connectivity index (χ4v) is 2.71. The first kappa shape index (κ1) is 17.2. The number of likely N-dealkylation sites (N-methyl/N-ethyl adjacent to an activating group) is 1. The normalized spacial score (nSPS) is 18.4. The van der Waals surface area contributed by atoms with E-state index in [-0.39, 0.29) is 12.1 Å². The number of carbonyl (C=O) groups is 1. The van der Waals surface area contributed by atoms with Crippen LogP contribution in [0.2, 0.25) is 0 Å². The van der Waals surface area contributed by atoms with E-state index in [1.54, 1.807) is 25.8 Å². The second kappa shape index (κ2) is 7.27. The molecular formula is C15H31N3O2. The summed E-state index contributed by atoms with van der Waals surface area (Å²) in [5.74, 6) is 0.694. The van der Waals surface area contributed by atoms with Gasteiger partial charge in [-0.05, 0) is 32.6 Å². The van der Waals surface area contributed by atoms with Crippen LogP contribution >= 0.6 is 0 Å². The number of nitrogens with zero attached hydrogens (tertiary/aromatic N) is 2. The highest BCUT2D eigenvalue weighted by molar-refractivity contribution is 5.74. The Bertz CT molecular complexity index is 305. The number of aliphatic hydroxyl groups is 1. The summed E-state index contributed by atoms with van der Waals surface area (Å²) < 4.78 is 0. The van der Waals surface area contributed by atoms with Gasteiger partial charge in [-0.3, -0.25) is 0 Å². The molecule has 1 rings (SSSR count). The maximum Gasteiger partial charge on any atom is 0.317 e. The van der Waals surface area contributed by atoms with E-state index >= 15 is 0 Å². The van der Waals surface area contributed by atoms with E-state index in [1.807, 2.05) is 0 Å². The van der Waals surface area contributed by atoms with Crippen LogP contribution in [-0.2, 0) is 0 Å². The summed E-state index contributed by atoms with van der Waals surface area (Å²) in [6.45, 7) is 11.5. The number of nitrogens with one attached hydrogen (secondary N) is 1. The van der Waals surface area contributed by atoms with E-state index in [9.17, 15) is 9.90 Å². The number of likely N-dealkylation sites (tertiary alicyclic amines) is 1. The molecule has 1 heterocycles. The predicted molar refractivity (Wildman–Crippen MR) is 81.8 cm³/mol. The lowest BCUT2D eigenvalue weighted by molar-refractivity contribution is 0.0522. The van der Waals surface area contributed by atoms with E-state index < -0.39 is 5.60 Å². The lowest BCUT2D eigenvalue weighted by Crippen LogP contribution is -2.51. The first-order valence-electron chi connectivity index (χ1n) is 7.64. The van der Waals surface area contributed by atoms with Crippen molar-refractivity contribution in [3.63, 3.8) is 0 Å². The van der Waals surface area contributed by atoms with Crippen LogP contribution in [0.5, 0.6) is 0 Å². The minimum absolute atomic E-state index is 0.0885. The van der Waals surface area contributed by atoms with E-state index in [0.717, 1.165) is 32.5 Å². The summed E-state index contributed by atoms with van der Waals surface area (Å²) in [5, 5.41) is 12.8. The van der Waals surface area contributed by atoms with Gasteiger partial charge in [0.2, 0.25) is 0 Å². The predicted octanol–water partition coefficient (Wildman–Crippen LogP) is 1.52. The molecule has 0 aromatic heterocycles. The molecule has 2 N–H and O–H groups in total. The van der Waals surface area contributed by atoms with Crippen LogP contribution in [0.3, 0.4) is 0 Å². The van der Waals surface area contributed by atoms with Crippen LogP contribution in [0.1, 0.15) is 40.5 Å². The summed E-state index contributed by atoms with van der Waals surface area (Å²) in [4.78, 5) is 16.1. The van der Waals surface area contributed by atoms with Gasteiger partial charge in [0, 0.05) is 32.7 Å². The van der Waals surface area contributed by atoms with Crippen molar-refractivity contribution < 1.29 is 9.90 Å². The van der Waals surface area contributed by atoms with Crippen molar-refractivity contribution in [2.45, 2.75) is 52.2 Å². The van der Waals surface area contributed by atoms with Gasteiger partial charge in [-0.25, -0.2) is 4.79 Å². The van der Waals surface area contributed by atoms with Crippen molar-refractivity contribution in [1.29, 1.82) is 0 Å². The minimum atomic E-state index is -0.854. The Balaban J connectivity index is 2.31. The molecule has 0 atom stereocenters. The molecule has 5 heteroatoms. The highest BCUT2D eigenvalue weighted by Gasteiger charge is 2.24. The van der Waals surface area contributed by atoms with Gasteiger partial charge in [-0.15, -0.1) is 0 Å². The van der Waals surface area contributed by atoms with Gasteiger partial charge >= 0.3 is 6.03 Å². The molecule has 0 aromatic carbocycles. The number of piperidine rings is 1. The summed E-state index contributed by atoms with van der Waals surface area (Å²) >= 11 is 0. The fraction of sp³-hybridized carbons (Fsp3) is 0.933. The molecule has 118 valence electrons. The average molecular weight is 285 g/mol. The zero-order valence-corrected chi connectivity index (χ0v) is 13.6. The van der Waals surface area contributed by atoms with Gasteiger partial charge in [0.1, 0.15) is 0 Å². The van der Waals surface area contributed by atoms with Crippen LogP contribution in [0, 0.1) is 5.92 Å². The van der Waals surface area contributed by atoms with E-state index in [4.69, 9.17) is 0 Å². The molecule has 5 nitrogen and oxygen atoms in total. The maximum absolute atomic E-state index is 12.0. The smallest absolute Gasteiger partial charge is 0.317 e. The average Bonchev–Trinajstić information content (AvgIpc) is 2.28. The van der Waals surface area contributed by atoms with Crippen LogP contribution < -0.4 is 5.32 Å². The van der Waals surface area contributed by atoms with Crippen molar-refractivity contribution in [3.8, 4) is 0 Å². The molecule has 1 fully saturated rings. The molecule has 0 radical (unpaired) electrons. The number of rotatable bonds is 5. The zero-order valence-electron chi connectivity index (χ0n) is 13.6. The Kier molecular flexibility index (Phi) is 6.27. The molecule has 0 bridgehead atoms. The van der Waals surface area contributed by atoms with E-state index in [1.165, 1.54) is 0 Å². The van der Waals surface area contributed by atoms with Gasteiger partial charge in [0.25, 0.3) is 0 Å². The number of urea groups is 1. The molecule has 1 saturated heterocycles. The molecule has 0 saturated carbocycles. The molecule has 1 aliphatic heterocycles. The monoisotopic (exact) mass is 285 g/mol. The third-order valence-electron chi connectivity index (χ3n) is 3.51. The molecule has 20 heavy (non-hydrogen) atoms. The van der Waals surface area contributed by atoms with Crippen LogP contribution in [-0.4, -0.2) is 65.8 Å². The Hall–Kier alpha value is -0.810. The first-order chi connectivity index (χ1) is 9.17. The summed E-state index contributed by atoms with van der Waals surface area (Å²) in [7, 11) is 1.72. The van der Waals surface area contributed by atoms with Crippen LogP contribution in [0.25, 0.3) is 0 Å². The Morgan fingerprint density at radius 2 is 1.95 bits per heavy atom. The highest BCUT2D eigenvalue weighted by Crippen LogP contribution is 2.12. The Morgan fingerprint density at radius 3 is 2.40 bits per heavy atom. The highest BCUT2D eigenvalue weighted by atomic mass is 16.3. The van der Waals surface area contributed by atoms with E-state index in [0.29, 0.717) is 12.5 Å². The van der Waals surface area contributed by atoms with Gasteiger partial charge in [0.05, 0.1) is 12.1 Å². The SMILES string of the molecule is CC(C)CN1CCC(NC(=O)N(C)CC(C)(C)O)CC1. The minimum Gasteiger partial charge on any atom is -0.389 e. The lowest BCUT2D eigenvalue weighted by Gasteiger charge is -2.34. The second-order valence-corrected chi connectivity index (χ2v) is 7.09. The van der Waals surface area contributed by atoms with Gasteiger partial charge in [-0.1, -0.05) is 13.8 Å². The Morgan fingerprint density at radius 1 is 1.40 bits per heavy atom. The molecule has 0 spiro atoms. The third kappa shape index (κ3) is 6.57. The number of amides is 2. The fourth-order valence-electron chi connectivity index (χ4n) is 2.71.